The molecule has 1 aliphatic rings. The van der Waals surface area contributed by atoms with Crippen LogP contribution in [-0.2, 0) is 14.4 Å². The first-order chi connectivity index (χ1) is 11.9. The van der Waals surface area contributed by atoms with Crippen LogP contribution in [0.3, 0.4) is 0 Å². The molecule has 0 atom stereocenters. The van der Waals surface area contributed by atoms with Gasteiger partial charge in [-0.3, -0.25) is 4.90 Å². The smallest absolute Gasteiger partial charge is 0.243 e. The molecule has 1 aromatic rings. The van der Waals surface area contributed by atoms with Crippen LogP contribution in [0.1, 0.15) is 20.8 Å². The van der Waals surface area contributed by atoms with Crippen molar-refractivity contribution in [3.8, 4) is 0 Å². The highest BCUT2D eigenvalue weighted by Gasteiger charge is 2.37. The highest BCUT2D eigenvalue weighted by molar-refractivity contribution is 9.10. The minimum atomic E-state index is -3.40. The van der Waals surface area contributed by atoms with Gasteiger partial charge in [-0.25, -0.2) is 8.42 Å². The fourth-order valence-electron chi connectivity index (χ4n) is 2.60. The summed E-state index contributed by atoms with van der Waals surface area (Å²) in [5.41, 5.74) is 0. The van der Waals surface area contributed by atoms with E-state index in [2.05, 4.69) is 54.7 Å². The number of nitrogens with zero attached hydrogens (tertiary/aromatic N) is 2. The average Bonchev–Trinajstić information content (AvgIpc) is 2.54. The minimum Gasteiger partial charge on any atom is -0.416 e. The molecule has 0 bridgehead atoms. The van der Waals surface area contributed by atoms with Gasteiger partial charge in [-0.15, -0.1) is 0 Å². The summed E-state index contributed by atoms with van der Waals surface area (Å²) in [5.74, 6) is 0. The van der Waals surface area contributed by atoms with Crippen molar-refractivity contribution in [1.82, 2.24) is 9.21 Å². The molecule has 0 aromatic heterocycles. The number of hydrogen-bond acceptors (Lipinski definition) is 4. The molecule has 0 aliphatic carbocycles. The quantitative estimate of drug-likeness (QED) is 0.603. The van der Waals surface area contributed by atoms with Gasteiger partial charge in [-0.1, -0.05) is 36.7 Å². The summed E-state index contributed by atoms with van der Waals surface area (Å²) in [6, 6.07) is 6.83. The normalized spacial score (nSPS) is 18.2. The molecular weight excluding hydrogens is 432 g/mol. The predicted octanol–water partition coefficient (Wildman–Crippen LogP) is 3.78. The summed E-state index contributed by atoms with van der Waals surface area (Å²) in [7, 11) is -5.12. The fraction of sp³-hybridized carbons (Fsp3) is 0.667. The van der Waals surface area contributed by atoms with Gasteiger partial charge in [-0.05, 0) is 42.4 Å². The van der Waals surface area contributed by atoms with E-state index in [9.17, 15) is 8.42 Å². The van der Waals surface area contributed by atoms with Crippen molar-refractivity contribution in [3.63, 3.8) is 0 Å². The van der Waals surface area contributed by atoms with E-state index in [-0.39, 0.29) is 5.04 Å². The number of hydrogen-bond donors (Lipinski definition) is 0. The van der Waals surface area contributed by atoms with Crippen LogP contribution >= 0.6 is 15.9 Å². The molecule has 0 saturated carbocycles. The number of piperazine rings is 1. The zero-order valence-electron chi connectivity index (χ0n) is 16.5. The lowest BCUT2D eigenvalue weighted by atomic mass is 10.2. The maximum atomic E-state index is 12.7. The maximum Gasteiger partial charge on any atom is 0.243 e. The SMILES string of the molecule is CC(C)(C)[Si](C)(C)OCCN1CCN(S(=O)(=O)c2ccc(Br)cc2)CC1. The first-order valence-corrected chi connectivity index (χ1v) is 14.2. The largest absolute Gasteiger partial charge is 0.416 e. The van der Waals surface area contributed by atoms with Crippen molar-refractivity contribution in [2.24, 2.45) is 0 Å². The fourth-order valence-corrected chi connectivity index (χ4v) is 5.32. The first kappa shape index (κ1) is 22.0. The van der Waals surface area contributed by atoms with Crippen molar-refractivity contribution in [2.45, 2.75) is 43.8 Å². The van der Waals surface area contributed by atoms with Crippen molar-refractivity contribution in [3.05, 3.63) is 28.7 Å². The molecule has 26 heavy (non-hydrogen) atoms. The Morgan fingerprint density at radius 2 is 1.62 bits per heavy atom. The van der Waals surface area contributed by atoms with E-state index in [1.165, 1.54) is 0 Å². The van der Waals surface area contributed by atoms with Gasteiger partial charge in [0.15, 0.2) is 8.32 Å². The van der Waals surface area contributed by atoms with Gasteiger partial charge in [0, 0.05) is 43.8 Å². The summed E-state index contributed by atoms with van der Waals surface area (Å²) < 4.78 is 34.2. The standard InChI is InChI=1S/C18H31BrN2O3SSi/c1-18(2,3)26(4,5)24-15-14-20-10-12-21(13-11-20)25(22,23)17-8-6-16(19)7-9-17/h6-9H,10-15H2,1-5H3. The zero-order chi connectivity index (χ0) is 19.6. The summed E-state index contributed by atoms with van der Waals surface area (Å²) in [6.07, 6.45) is 0. The van der Waals surface area contributed by atoms with E-state index in [0.29, 0.717) is 18.0 Å². The van der Waals surface area contributed by atoms with Gasteiger partial charge < -0.3 is 4.43 Å². The average molecular weight is 464 g/mol. The Morgan fingerprint density at radius 3 is 2.12 bits per heavy atom. The highest BCUT2D eigenvalue weighted by Crippen LogP contribution is 2.36. The van der Waals surface area contributed by atoms with E-state index in [1.54, 1.807) is 28.6 Å². The second-order valence-electron chi connectivity index (χ2n) is 8.31. The molecule has 0 unspecified atom stereocenters. The molecule has 2 rings (SSSR count). The Hall–Kier alpha value is -0.253. The second-order valence-corrected chi connectivity index (χ2v) is 16.0. The molecule has 148 valence electrons. The third kappa shape index (κ3) is 5.39. The van der Waals surface area contributed by atoms with Gasteiger partial charge in [0.1, 0.15) is 0 Å². The Bertz CT molecular complexity index is 694. The lowest BCUT2D eigenvalue weighted by molar-refractivity contribution is 0.153. The van der Waals surface area contributed by atoms with Gasteiger partial charge in [0.05, 0.1) is 4.90 Å². The molecule has 1 fully saturated rings. The number of benzene rings is 1. The van der Waals surface area contributed by atoms with Crippen LogP contribution in [0.5, 0.6) is 0 Å². The van der Waals surface area contributed by atoms with Crippen LogP contribution in [0.4, 0.5) is 0 Å². The van der Waals surface area contributed by atoms with Crippen LogP contribution in [0.15, 0.2) is 33.6 Å². The van der Waals surface area contributed by atoms with Crippen LogP contribution in [0.25, 0.3) is 0 Å². The van der Waals surface area contributed by atoms with Crippen LogP contribution < -0.4 is 0 Å². The van der Waals surface area contributed by atoms with Crippen molar-refractivity contribution in [2.75, 3.05) is 39.3 Å². The van der Waals surface area contributed by atoms with Crippen molar-refractivity contribution >= 4 is 34.3 Å². The molecule has 1 saturated heterocycles. The zero-order valence-corrected chi connectivity index (χ0v) is 19.9. The Morgan fingerprint density at radius 1 is 1.08 bits per heavy atom. The van der Waals surface area contributed by atoms with E-state index >= 15 is 0 Å². The van der Waals surface area contributed by atoms with E-state index in [0.717, 1.165) is 30.7 Å². The van der Waals surface area contributed by atoms with Crippen LogP contribution in [-0.4, -0.2) is 65.3 Å². The predicted molar refractivity (Wildman–Crippen MR) is 112 cm³/mol. The topological polar surface area (TPSA) is 49.9 Å². The Labute approximate surface area is 168 Å². The maximum absolute atomic E-state index is 12.7. The molecule has 1 aliphatic heterocycles. The van der Waals surface area contributed by atoms with E-state index in [4.69, 9.17) is 4.43 Å². The molecule has 0 N–H and O–H groups in total. The van der Waals surface area contributed by atoms with Crippen molar-refractivity contribution < 1.29 is 12.8 Å². The third-order valence-electron chi connectivity index (χ3n) is 5.46. The molecule has 8 heteroatoms. The van der Waals surface area contributed by atoms with Gasteiger partial charge >= 0.3 is 0 Å². The van der Waals surface area contributed by atoms with Crippen molar-refractivity contribution in [1.29, 1.82) is 0 Å². The molecule has 5 nitrogen and oxygen atoms in total. The highest BCUT2D eigenvalue weighted by atomic mass is 79.9. The molecular formula is C18H31BrN2O3SSi. The Kier molecular flexibility index (Phi) is 7.13. The summed E-state index contributed by atoms with van der Waals surface area (Å²) >= 11 is 3.34. The summed E-state index contributed by atoms with van der Waals surface area (Å²) in [6.45, 7) is 15.4. The molecule has 0 radical (unpaired) electrons. The molecule has 0 amide bonds. The number of halogens is 1. The van der Waals surface area contributed by atoms with E-state index in [1.807, 2.05) is 0 Å². The van der Waals surface area contributed by atoms with Gasteiger partial charge in [0.2, 0.25) is 10.0 Å². The Balaban J connectivity index is 1.84. The van der Waals surface area contributed by atoms with Crippen LogP contribution in [0.2, 0.25) is 18.1 Å². The van der Waals surface area contributed by atoms with Crippen LogP contribution in [0, 0.1) is 0 Å². The van der Waals surface area contributed by atoms with Gasteiger partial charge in [0.25, 0.3) is 0 Å². The van der Waals surface area contributed by atoms with E-state index < -0.39 is 18.3 Å². The first-order valence-electron chi connectivity index (χ1n) is 9.05. The molecule has 1 heterocycles. The minimum absolute atomic E-state index is 0.213. The second kappa shape index (κ2) is 8.41. The molecule has 1 aromatic carbocycles. The summed E-state index contributed by atoms with van der Waals surface area (Å²) in [5, 5.41) is 0.213. The monoisotopic (exact) mass is 462 g/mol. The summed E-state index contributed by atoms with van der Waals surface area (Å²) in [4.78, 5) is 2.65. The lowest BCUT2D eigenvalue weighted by Gasteiger charge is -2.38. The lowest BCUT2D eigenvalue weighted by Crippen LogP contribution is -2.50. The number of rotatable bonds is 6. The van der Waals surface area contributed by atoms with Gasteiger partial charge in [-0.2, -0.15) is 4.31 Å². The third-order valence-corrected chi connectivity index (χ3v) is 12.4. The number of sulfonamides is 1. The molecule has 0 spiro atoms.